The zero-order valence-corrected chi connectivity index (χ0v) is 9.82. The Kier molecular flexibility index (Phi) is 2.26. The standard InChI is InChI=1S/C13H16N2O/c1-13(2,3)15-7-6-9-4-5-10(14)8-11(9)12(15)16/h4-8H,14H2,1-3H3. The highest BCUT2D eigenvalue weighted by Crippen LogP contribution is 2.17. The van der Waals surface area contributed by atoms with Gasteiger partial charge in [0.15, 0.2) is 0 Å². The van der Waals surface area contributed by atoms with Crippen molar-refractivity contribution in [3.05, 3.63) is 40.8 Å². The largest absolute Gasteiger partial charge is 0.399 e. The summed E-state index contributed by atoms with van der Waals surface area (Å²) in [5.41, 5.74) is 6.12. The number of pyridine rings is 1. The van der Waals surface area contributed by atoms with Gasteiger partial charge < -0.3 is 10.3 Å². The van der Waals surface area contributed by atoms with Crippen LogP contribution in [0.3, 0.4) is 0 Å². The molecule has 1 aromatic heterocycles. The van der Waals surface area contributed by atoms with Gasteiger partial charge in [-0.3, -0.25) is 4.79 Å². The predicted octanol–water partition coefficient (Wildman–Crippen LogP) is 2.34. The van der Waals surface area contributed by atoms with Crippen LogP contribution in [0.15, 0.2) is 35.3 Å². The van der Waals surface area contributed by atoms with Crippen LogP contribution in [0, 0.1) is 0 Å². The maximum atomic E-state index is 12.2. The molecule has 2 N–H and O–H groups in total. The summed E-state index contributed by atoms with van der Waals surface area (Å²) in [6.45, 7) is 6.02. The van der Waals surface area contributed by atoms with Crippen LogP contribution in [-0.2, 0) is 5.54 Å². The minimum Gasteiger partial charge on any atom is -0.399 e. The van der Waals surface area contributed by atoms with Gasteiger partial charge in [-0.25, -0.2) is 0 Å². The van der Waals surface area contributed by atoms with Crippen molar-refractivity contribution < 1.29 is 0 Å². The van der Waals surface area contributed by atoms with E-state index in [0.717, 1.165) is 5.39 Å². The summed E-state index contributed by atoms with van der Waals surface area (Å²) in [6, 6.07) is 7.36. The van der Waals surface area contributed by atoms with E-state index in [-0.39, 0.29) is 11.1 Å². The first-order valence-corrected chi connectivity index (χ1v) is 5.31. The van der Waals surface area contributed by atoms with Crippen molar-refractivity contribution in [3.8, 4) is 0 Å². The molecule has 1 aromatic carbocycles. The summed E-state index contributed by atoms with van der Waals surface area (Å²) < 4.78 is 1.73. The highest BCUT2D eigenvalue weighted by Gasteiger charge is 2.15. The molecule has 16 heavy (non-hydrogen) atoms. The maximum Gasteiger partial charge on any atom is 0.258 e. The minimum absolute atomic E-state index is 0.0114. The van der Waals surface area contributed by atoms with Gasteiger partial charge in [-0.15, -0.1) is 0 Å². The Morgan fingerprint density at radius 2 is 1.88 bits per heavy atom. The zero-order chi connectivity index (χ0) is 11.9. The minimum atomic E-state index is -0.212. The van der Waals surface area contributed by atoms with Crippen LogP contribution in [0.5, 0.6) is 0 Å². The number of hydrogen-bond donors (Lipinski definition) is 1. The second-order valence-corrected chi connectivity index (χ2v) is 5.01. The highest BCUT2D eigenvalue weighted by molar-refractivity contribution is 5.84. The van der Waals surface area contributed by atoms with E-state index in [0.29, 0.717) is 11.1 Å². The van der Waals surface area contributed by atoms with E-state index < -0.39 is 0 Å². The Morgan fingerprint density at radius 1 is 1.19 bits per heavy atom. The molecular weight excluding hydrogens is 200 g/mol. The molecule has 84 valence electrons. The van der Waals surface area contributed by atoms with Gasteiger partial charge in [0, 0.05) is 22.8 Å². The van der Waals surface area contributed by atoms with Crippen molar-refractivity contribution in [2.75, 3.05) is 5.73 Å². The smallest absolute Gasteiger partial charge is 0.258 e. The Balaban J connectivity index is 2.84. The number of anilines is 1. The molecule has 0 amide bonds. The van der Waals surface area contributed by atoms with Crippen molar-refractivity contribution in [1.29, 1.82) is 0 Å². The fourth-order valence-electron chi connectivity index (χ4n) is 1.78. The first kappa shape index (κ1) is 10.7. The van der Waals surface area contributed by atoms with Gasteiger partial charge in [0.05, 0.1) is 0 Å². The molecule has 2 aromatic rings. The summed E-state index contributed by atoms with van der Waals surface area (Å²) in [4.78, 5) is 12.2. The van der Waals surface area contributed by atoms with Gasteiger partial charge >= 0.3 is 0 Å². The van der Waals surface area contributed by atoms with E-state index in [2.05, 4.69) is 0 Å². The molecule has 0 atom stereocenters. The zero-order valence-electron chi connectivity index (χ0n) is 9.82. The fraction of sp³-hybridized carbons (Fsp3) is 0.308. The molecule has 2 rings (SSSR count). The molecule has 0 aliphatic rings. The van der Waals surface area contributed by atoms with Gasteiger partial charge in [-0.1, -0.05) is 6.07 Å². The third kappa shape index (κ3) is 1.69. The van der Waals surface area contributed by atoms with Crippen LogP contribution < -0.4 is 11.3 Å². The molecule has 0 saturated heterocycles. The number of nitrogens with two attached hydrogens (primary N) is 1. The highest BCUT2D eigenvalue weighted by atomic mass is 16.1. The van der Waals surface area contributed by atoms with Crippen LogP contribution in [0.4, 0.5) is 5.69 Å². The molecule has 0 fully saturated rings. The summed E-state index contributed by atoms with van der Waals surface area (Å²) in [7, 11) is 0. The first-order valence-electron chi connectivity index (χ1n) is 5.31. The van der Waals surface area contributed by atoms with Gasteiger partial charge in [0.1, 0.15) is 0 Å². The van der Waals surface area contributed by atoms with E-state index >= 15 is 0 Å². The molecule has 0 spiro atoms. The van der Waals surface area contributed by atoms with E-state index in [9.17, 15) is 4.79 Å². The lowest BCUT2D eigenvalue weighted by Gasteiger charge is -2.22. The molecule has 0 radical (unpaired) electrons. The predicted molar refractivity (Wildman–Crippen MR) is 67.6 cm³/mol. The number of nitrogens with zero attached hydrogens (tertiary/aromatic N) is 1. The average Bonchev–Trinajstić information content (AvgIpc) is 2.17. The monoisotopic (exact) mass is 216 g/mol. The van der Waals surface area contributed by atoms with Crippen LogP contribution >= 0.6 is 0 Å². The van der Waals surface area contributed by atoms with Gasteiger partial charge in [-0.05, 0) is 44.4 Å². The third-order valence-electron chi connectivity index (χ3n) is 2.65. The Bertz CT molecular complexity index is 591. The van der Waals surface area contributed by atoms with Crippen molar-refractivity contribution in [1.82, 2.24) is 4.57 Å². The maximum absolute atomic E-state index is 12.2. The third-order valence-corrected chi connectivity index (χ3v) is 2.65. The van der Waals surface area contributed by atoms with Crippen LogP contribution in [-0.4, -0.2) is 4.57 Å². The SMILES string of the molecule is CC(C)(C)n1ccc2ccc(N)cc2c1=O. The first-order chi connectivity index (χ1) is 7.39. The molecule has 0 aliphatic heterocycles. The number of benzene rings is 1. The lowest BCUT2D eigenvalue weighted by atomic mass is 10.1. The lowest BCUT2D eigenvalue weighted by Crippen LogP contribution is -2.33. The molecule has 1 heterocycles. The number of rotatable bonds is 0. The van der Waals surface area contributed by atoms with Crippen molar-refractivity contribution in [3.63, 3.8) is 0 Å². The van der Waals surface area contributed by atoms with Crippen LogP contribution in [0.1, 0.15) is 20.8 Å². The number of fused-ring (bicyclic) bond motifs is 1. The summed E-state index contributed by atoms with van der Waals surface area (Å²) in [6.07, 6.45) is 1.83. The molecule has 0 saturated carbocycles. The molecule has 3 nitrogen and oxygen atoms in total. The van der Waals surface area contributed by atoms with Gasteiger partial charge in [0.2, 0.25) is 0 Å². The van der Waals surface area contributed by atoms with Crippen LogP contribution in [0.2, 0.25) is 0 Å². The Hall–Kier alpha value is -1.77. The van der Waals surface area contributed by atoms with Gasteiger partial charge in [0.25, 0.3) is 5.56 Å². The van der Waals surface area contributed by atoms with Crippen molar-refractivity contribution >= 4 is 16.5 Å². The normalized spacial score (nSPS) is 11.9. The average molecular weight is 216 g/mol. The quantitative estimate of drug-likeness (QED) is 0.687. The molecular formula is C13H16N2O. The number of nitrogen functional groups attached to an aromatic ring is 1. The topological polar surface area (TPSA) is 48.0 Å². The molecule has 0 bridgehead atoms. The number of aromatic nitrogens is 1. The Labute approximate surface area is 94.5 Å². The second kappa shape index (κ2) is 3.37. The van der Waals surface area contributed by atoms with E-state index in [1.165, 1.54) is 0 Å². The fourth-order valence-corrected chi connectivity index (χ4v) is 1.78. The second-order valence-electron chi connectivity index (χ2n) is 5.01. The lowest BCUT2D eigenvalue weighted by molar-refractivity contribution is 0.386. The molecule has 0 unspecified atom stereocenters. The number of hydrogen-bond acceptors (Lipinski definition) is 2. The van der Waals surface area contributed by atoms with Gasteiger partial charge in [-0.2, -0.15) is 0 Å². The van der Waals surface area contributed by atoms with Crippen molar-refractivity contribution in [2.45, 2.75) is 26.3 Å². The van der Waals surface area contributed by atoms with E-state index in [1.807, 2.05) is 45.2 Å². The van der Waals surface area contributed by atoms with Crippen molar-refractivity contribution in [2.24, 2.45) is 0 Å². The van der Waals surface area contributed by atoms with E-state index in [4.69, 9.17) is 5.73 Å². The summed E-state index contributed by atoms with van der Waals surface area (Å²) in [5, 5.41) is 1.61. The summed E-state index contributed by atoms with van der Waals surface area (Å²) in [5.74, 6) is 0. The molecule has 0 aliphatic carbocycles. The summed E-state index contributed by atoms with van der Waals surface area (Å²) >= 11 is 0. The Morgan fingerprint density at radius 3 is 2.50 bits per heavy atom. The van der Waals surface area contributed by atoms with E-state index in [1.54, 1.807) is 10.6 Å². The van der Waals surface area contributed by atoms with Crippen LogP contribution in [0.25, 0.3) is 10.8 Å². The molecule has 3 heteroatoms.